The Hall–Kier alpha value is -0.410. The van der Waals surface area contributed by atoms with Crippen LogP contribution in [-0.2, 0) is 10.3 Å². The third kappa shape index (κ3) is 2.29. The first-order chi connectivity index (χ1) is 5.97. The lowest BCUT2D eigenvalue weighted by Crippen LogP contribution is -2.20. The van der Waals surface area contributed by atoms with Crippen LogP contribution in [0.2, 0.25) is 0 Å². The van der Waals surface area contributed by atoms with Crippen molar-refractivity contribution in [2.45, 2.75) is 19.4 Å². The molecular formula is C10H12BrFO. The second-order valence-corrected chi connectivity index (χ2v) is 4.19. The second kappa shape index (κ2) is 3.76. The number of halogens is 2. The Bertz CT molecular complexity index is 310. The highest BCUT2D eigenvalue weighted by atomic mass is 79.9. The maximum absolute atomic E-state index is 12.9. The van der Waals surface area contributed by atoms with Gasteiger partial charge < -0.3 is 4.74 Å². The molecule has 0 saturated carbocycles. The van der Waals surface area contributed by atoms with Crippen molar-refractivity contribution in [3.8, 4) is 0 Å². The highest BCUT2D eigenvalue weighted by Gasteiger charge is 2.22. The second-order valence-electron chi connectivity index (χ2n) is 3.34. The Morgan fingerprint density at radius 1 is 1.38 bits per heavy atom. The van der Waals surface area contributed by atoms with E-state index in [4.69, 9.17) is 4.74 Å². The van der Waals surface area contributed by atoms with Gasteiger partial charge in [-0.15, -0.1) is 0 Å². The smallest absolute Gasteiger partial charge is 0.123 e. The first-order valence-corrected chi connectivity index (χ1v) is 4.77. The minimum atomic E-state index is -0.471. The molecule has 0 spiro atoms. The van der Waals surface area contributed by atoms with Gasteiger partial charge in [-0.2, -0.15) is 0 Å². The molecule has 0 unspecified atom stereocenters. The molecule has 0 radical (unpaired) electrons. The number of hydrogen-bond acceptors (Lipinski definition) is 1. The minimum absolute atomic E-state index is 0.247. The van der Waals surface area contributed by atoms with Gasteiger partial charge in [0.05, 0.1) is 5.60 Å². The van der Waals surface area contributed by atoms with Crippen LogP contribution in [0.25, 0.3) is 0 Å². The maximum atomic E-state index is 12.9. The van der Waals surface area contributed by atoms with Gasteiger partial charge in [-0.05, 0) is 32.0 Å². The summed E-state index contributed by atoms with van der Waals surface area (Å²) in [4.78, 5) is 0. The van der Waals surface area contributed by atoms with Crippen LogP contribution in [0.1, 0.15) is 19.4 Å². The van der Waals surface area contributed by atoms with E-state index in [1.165, 1.54) is 12.1 Å². The SMILES string of the molecule is COC(C)(C)c1cc(F)ccc1Br. The quantitative estimate of drug-likeness (QED) is 0.777. The Morgan fingerprint density at radius 2 is 2.00 bits per heavy atom. The molecule has 0 aliphatic carbocycles. The number of benzene rings is 1. The predicted octanol–water partition coefficient (Wildman–Crippen LogP) is 3.47. The molecular weight excluding hydrogens is 235 g/mol. The third-order valence-electron chi connectivity index (χ3n) is 2.09. The van der Waals surface area contributed by atoms with E-state index in [1.807, 2.05) is 13.8 Å². The standard InChI is InChI=1S/C10H12BrFO/c1-10(2,13-3)8-6-7(12)4-5-9(8)11/h4-6H,1-3H3. The molecule has 1 nitrogen and oxygen atoms in total. The molecule has 0 aromatic heterocycles. The Labute approximate surface area is 86.0 Å². The molecule has 1 aromatic carbocycles. The molecule has 0 atom stereocenters. The van der Waals surface area contributed by atoms with Crippen LogP contribution >= 0.6 is 15.9 Å². The van der Waals surface area contributed by atoms with E-state index in [1.54, 1.807) is 13.2 Å². The molecule has 13 heavy (non-hydrogen) atoms. The zero-order chi connectivity index (χ0) is 10.1. The molecule has 3 heteroatoms. The van der Waals surface area contributed by atoms with E-state index >= 15 is 0 Å². The van der Waals surface area contributed by atoms with Crippen molar-refractivity contribution in [3.63, 3.8) is 0 Å². The highest BCUT2D eigenvalue weighted by Crippen LogP contribution is 2.30. The van der Waals surface area contributed by atoms with Crippen LogP contribution in [0, 0.1) is 5.82 Å². The molecule has 1 rings (SSSR count). The normalized spacial score (nSPS) is 11.8. The lowest BCUT2D eigenvalue weighted by molar-refractivity contribution is 0.0183. The van der Waals surface area contributed by atoms with Gasteiger partial charge in [0.25, 0.3) is 0 Å². The molecule has 72 valence electrons. The van der Waals surface area contributed by atoms with E-state index in [2.05, 4.69) is 15.9 Å². The molecule has 0 saturated heterocycles. The van der Waals surface area contributed by atoms with Crippen molar-refractivity contribution in [3.05, 3.63) is 34.1 Å². The maximum Gasteiger partial charge on any atom is 0.123 e. The number of rotatable bonds is 2. The molecule has 0 fully saturated rings. The van der Waals surface area contributed by atoms with Crippen LogP contribution in [0.4, 0.5) is 4.39 Å². The number of ether oxygens (including phenoxy) is 1. The largest absolute Gasteiger partial charge is 0.374 e. The van der Waals surface area contributed by atoms with Gasteiger partial charge in [0.1, 0.15) is 5.82 Å². The summed E-state index contributed by atoms with van der Waals surface area (Å²) in [6.45, 7) is 3.79. The number of methoxy groups -OCH3 is 1. The summed E-state index contributed by atoms with van der Waals surface area (Å²) in [6.07, 6.45) is 0. The summed E-state index contributed by atoms with van der Waals surface area (Å²) in [5.74, 6) is -0.247. The fourth-order valence-corrected chi connectivity index (χ4v) is 1.79. The Morgan fingerprint density at radius 3 is 2.54 bits per heavy atom. The Balaban J connectivity index is 3.20. The summed E-state index contributed by atoms with van der Waals surface area (Å²) >= 11 is 3.36. The van der Waals surface area contributed by atoms with Crippen molar-refractivity contribution in [2.24, 2.45) is 0 Å². The topological polar surface area (TPSA) is 9.23 Å². The Kier molecular flexibility index (Phi) is 3.09. The number of hydrogen-bond donors (Lipinski definition) is 0. The summed E-state index contributed by atoms with van der Waals surface area (Å²) < 4.78 is 19.1. The fraction of sp³-hybridized carbons (Fsp3) is 0.400. The fourth-order valence-electron chi connectivity index (χ4n) is 1.07. The molecule has 0 N–H and O–H groups in total. The van der Waals surface area contributed by atoms with E-state index in [0.29, 0.717) is 0 Å². The highest BCUT2D eigenvalue weighted by molar-refractivity contribution is 9.10. The lowest BCUT2D eigenvalue weighted by atomic mass is 9.98. The first kappa shape index (κ1) is 10.7. The van der Waals surface area contributed by atoms with Crippen molar-refractivity contribution < 1.29 is 9.13 Å². The summed E-state index contributed by atoms with van der Waals surface area (Å²) in [6, 6.07) is 4.58. The van der Waals surface area contributed by atoms with Crippen LogP contribution < -0.4 is 0 Å². The molecule has 1 aromatic rings. The van der Waals surface area contributed by atoms with Gasteiger partial charge in [0, 0.05) is 17.1 Å². The van der Waals surface area contributed by atoms with Crippen molar-refractivity contribution in [1.82, 2.24) is 0 Å². The van der Waals surface area contributed by atoms with Crippen molar-refractivity contribution >= 4 is 15.9 Å². The first-order valence-electron chi connectivity index (χ1n) is 3.98. The van der Waals surface area contributed by atoms with Crippen LogP contribution in [0.3, 0.4) is 0 Å². The van der Waals surface area contributed by atoms with Gasteiger partial charge in [0.2, 0.25) is 0 Å². The monoisotopic (exact) mass is 246 g/mol. The van der Waals surface area contributed by atoms with Gasteiger partial charge in [-0.1, -0.05) is 15.9 Å². The minimum Gasteiger partial charge on any atom is -0.374 e. The van der Waals surface area contributed by atoms with Crippen LogP contribution in [0.5, 0.6) is 0 Å². The van der Waals surface area contributed by atoms with Crippen LogP contribution in [0.15, 0.2) is 22.7 Å². The zero-order valence-electron chi connectivity index (χ0n) is 7.90. The predicted molar refractivity (Wildman–Crippen MR) is 54.1 cm³/mol. The van der Waals surface area contributed by atoms with Crippen molar-refractivity contribution in [1.29, 1.82) is 0 Å². The molecule has 0 aliphatic heterocycles. The van der Waals surface area contributed by atoms with Crippen LogP contribution in [-0.4, -0.2) is 7.11 Å². The lowest BCUT2D eigenvalue weighted by Gasteiger charge is -2.24. The van der Waals surface area contributed by atoms with E-state index < -0.39 is 5.60 Å². The third-order valence-corrected chi connectivity index (χ3v) is 2.78. The van der Waals surface area contributed by atoms with Gasteiger partial charge in [0.15, 0.2) is 0 Å². The van der Waals surface area contributed by atoms with Crippen molar-refractivity contribution in [2.75, 3.05) is 7.11 Å². The molecule has 0 bridgehead atoms. The summed E-state index contributed by atoms with van der Waals surface area (Å²) in [7, 11) is 1.61. The summed E-state index contributed by atoms with van der Waals surface area (Å²) in [5.41, 5.74) is 0.344. The molecule has 0 heterocycles. The van der Waals surface area contributed by atoms with Gasteiger partial charge in [-0.25, -0.2) is 4.39 Å². The van der Waals surface area contributed by atoms with Gasteiger partial charge in [-0.3, -0.25) is 0 Å². The summed E-state index contributed by atoms with van der Waals surface area (Å²) in [5, 5.41) is 0. The van der Waals surface area contributed by atoms with Gasteiger partial charge >= 0.3 is 0 Å². The zero-order valence-corrected chi connectivity index (χ0v) is 9.48. The van der Waals surface area contributed by atoms with E-state index in [-0.39, 0.29) is 5.82 Å². The average Bonchev–Trinajstić information content (AvgIpc) is 2.09. The molecule has 0 amide bonds. The van der Waals surface area contributed by atoms with E-state index in [9.17, 15) is 4.39 Å². The molecule has 0 aliphatic rings. The van der Waals surface area contributed by atoms with E-state index in [0.717, 1.165) is 10.0 Å². The average molecular weight is 247 g/mol.